The summed E-state index contributed by atoms with van der Waals surface area (Å²) >= 11 is 10.1. The predicted molar refractivity (Wildman–Crippen MR) is 151 cm³/mol. The van der Waals surface area contributed by atoms with Crippen molar-refractivity contribution in [2.75, 3.05) is 17.6 Å². The van der Waals surface area contributed by atoms with Gasteiger partial charge in [-0.1, -0.05) is 30.3 Å². The number of hydrogen-bond donors (Lipinski definition) is 3. The number of rotatable bonds is 7. The Bertz CT molecular complexity index is 1670. The molecule has 0 spiro atoms. The zero-order chi connectivity index (χ0) is 28.1. The number of carbonyl (C=O) groups is 2. The summed E-state index contributed by atoms with van der Waals surface area (Å²) in [4.78, 5) is 32.9. The highest BCUT2D eigenvalue weighted by atomic mass is 79.9. The fourth-order valence-electron chi connectivity index (χ4n) is 4.37. The van der Waals surface area contributed by atoms with Crippen molar-refractivity contribution in [3.8, 4) is 22.4 Å². The maximum Gasteiger partial charge on any atom is 0.283 e. The molecule has 0 aliphatic heterocycles. The number of hydrogen-bond acceptors (Lipinski definition) is 5. The Balaban J connectivity index is 1.61. The molecule has 0 atom stereocenters. The van der Waals surface area contributed by atoms with Crippen molar-refractivity contribution in [3.63, 3.8) is 0 Å². The molecule has 1 saturated carbocycles. The lowest BCUT2D eigenvalue weighted by Crippen LogP contribution is -2.31. The fraction of sp³-hybridized carbons (Fsp3) is 0.185. The molecule has 4 aromatic rings. The number of nitrogens with two attached hydrogens (primary N) is 1. The summed E-state index contributed by atoms with van der Waals surface area (Å²) < 4.78 is 29.7. The molecule has 1 aromatic carbocycles. The topological polar surface area (TPSA) is 115 Å². The van der Waals surface area contributed by atoms with Gasteiger partial charge in [-0.2, -0.15) is 0 Å². The molecule has 1 fully saturated rings. The van der Waals surface area contributed by atoms with Crippen LogP contribution in [0.5, 0.6) is 0 Å². The van der Waals surface area contributed by atoms with E-state index in [0.29, 0.717) is 39.5 Å². The Morgan fingerprint density at radius 1 is 1.21 bits per heavy atom. The number of halogens is 4. The van der Waals surface area contributed by atoms with Gasteiger partial charge < -0.3 is 20.9 Å². The lowest BCUT2D eigenvalue weighted by Gasteiger charge is -2.12. The normalized spacial score (nSPS) is 13.8. The van der Waals surface area contributed by atoms with Gasteiger partial charge in [-0.15, -0.1) is 0 Å². The number of alkyl halides is 1. The number of nitrogens with zero attached hydrogens (tertiary/aromatic N) is 3. The number of amides is 2. The van der Waals surface area contributed by atoms with Gasteiger partial charge in [-0.3, -0.25) is 9.59 Å². The molecule has 5 rings (SSSR count). The standard InChI is InChI=1S/C27H22BrClF2N6O2/c1-13(30)25(38)36-16-5-3-14(4-6-16)22-19(20-23(37(22)2)17(28)11-34-24(20)32)15-9-18(29)21(33-10-15)26(39)35-12-27(31)7-8-27/h3-6,9-11H,1,7-8,12H2,2H3,(H2,32,34)(H,35,39)(H,36,38). The molecular weight excluding hydrogens is 594 g/mol. The molecule has 1 aliphatic rings. The van der Waals surface area contributed by atoms with Crippen molar-refractivity contribution >= 4 is 61.8 Å². The highest BCUT2D eigenvalue weighted by Crippen LogP contribution is 2.45. The zero-order valence-electron chi connectivity index (χ0n) is 20.6. The van der Waals surface area contributed by atoms with Gasteiger partial charge >= 0.3 is 0 Å². The summed E-state index contributed by atoms with van der Waals surface area (Å²) in [6, 6.07) is 8.38. The quantitative estimate of drug-likeness (QED) is 0.222. The van der Waals surface area contributed by atoms with Crippen molar-refractivity contribution in [1.82, 2.24) is 19.9 Å². The number of anilines is 2. The molecule has 4 N–H and O–H groups in total. The molecule has 12 heteroatoms. The second-order valence-electron chi connectivity index (χ2n) is 9.32. The van der Waals surface area contributed by atoms with Crippen LogP contribution in [-0.2, 0) is 11.8 Å². The minimum absolute atomic E-state index is 0.0201. The average Bonchev–Trinajstić information content (AvgIpc) is 3.55. The maximum atomic E-state index is 14.0. The lowest BCUT2D eigenvalue weighted by atomic mass is 9.99. The van der Waals surface area contributed by atoms with Crippen LogP contribution in [0.3, 0.4) is 0 Å². The summed E-state index contributed by atoms with van der Waals surface area (Å²) in [5, 5.41) is 5.70. The molecule has 3 aromatic heterocycles. The van der Waals surface area contributed by atoms with Gasteiger partial charge in [0.25, 0.3) is 11.8 Å². The van der Waals surface area contributed by atoms with E-state index in [0.717, 1.165) is 16.8 Å². The molecule has 0 radical (unpaired) electrons. The lowest BCUT2D eigenvalue weighted by molar-refractivity contribution is -0.114. The number of aryl methyl sites for hydroxylation is 1. The van der Waals surface area contributed by atoms with Gasteiger partial charge in [0.2, 0.25) is 0 Å². The van der Waals surface area contributed by atoms with E-state index in [1.165, 1.54) is 6.20 Å². The second kappa shape index (κ2) is 10.0. The summed E-state index contributed by atoms with van der Waals surface area (Å²) in [5.74, 6) is -2.32. The third-order valence-corrected chi connectivity index (χ3v) is 7.43. The van der Waals surface area contributed by atoms with Gasteiger partial charge in [-0.05, 0) is 52.5 Å². The first-order chi connectivity index (χ1) is 18.5. The summed E-state index contributed by atoms with van der Waals surface area (Å²) in [7, 11) is 1.86. The first kappa shape index (κ1) is 26.8. The number of fused-ring (bicyclic) bond motifs is 1. The molecule has 8 nitrogen and oxygen atoms in total. The minimum atomic E-state index is -1.35. The first-order valence-electron chi connectivity index (χ1n) is 11.8. The highest BCUT2D eigenvalue weighted by Gasteiger charge is 2.43. The smallest absolute Gasteiger partial charge is 0.283 e. The van der Waals surface area contributed by atoms with Crippen LogP contribution in [-0.4, -0.2) is 38.6 Å². The van der Waals surface area contributed by atoms with Crippen LogP contribution in [0.4, 0.5) is 20.3 Å². The van der Waals surface area contributed by atoms with E-state index >= 15 is 0 Å². The van der Waals surface area contributed by atoms with E-state index in [9.17, 15) is 18.4 Å². The van der Waals surface area contributed by atoms with Gasteiger partial charge in [0.05, 0.1) is 32.6 Å². The van der Waals surface area contributed by atoms with Crippen LogP contribution in [0, 0.1) is 0 Å². The highest BCUT2D eigenvalue weighted by molar-refractivity contribution is 9.10. The monoisotopic (exact) mass is 614 g/mol. The molecule has 1 aliphatic carbocycles. The molecule has 0 bridgehead atoms. The number of nitrogens with one attached hydrogen (secondary N) is 2. The van der Waals surface area contributed by atoms with E-state index in [1.54, 1.807) is 36.5 Å². The number of benzene rings is 1. The van der Waals surface area contributed by atoms with Gasteiger partial charge in [0.1, 0.15) is 17.2 Å². The van der Waals surface area contributed by atoms with Crippen molar-refractivity contribution in [2.45, 2.75) is 18.5 Å². The molecule has 39 heavy (non-hydrogen) atoms. The van der Waals surface area contributed by atoms with E-state index in [-0.39, 0.29) is 23.1 Å². The van der Waals surface area contributed by atoms with Gasteiger partial charge in [-0.25, -0.2) is 18.7 Å². The first-order valence-corrected chi connectivity index (χ1v) is 13.0. The second-order valence-corrected chi connectivity index (χ2v) is 10.6. The largest absolute Gasteiger partial charge is 0.383 e. The molecule has 0 unspecified atom stereocenters. The van der Waals surface area contributed by atoms with E-state index in [2.05, 4.69) is 43.1 Å². The molecular formula is C27H22BrClF2N6O2. The Kier molecular flexibility index (Phi) is 6.90. The zero-order valence-corrected chi connectivity index (χ0v) is 23.0. The van der Waals surface area contributed by atoms with Crippen molar-refractivity contribution in [1.29, 1.82) is 0 Å². The van der Waals surface area contributed by atoms with Crippen LogP contribution in [0.1, 0.15) is 23.3 Å². The van der Waals surface area contributed by atoms with Crippen molar-refractivity contribution in [3.05, 3.63) is 70.3 Å². The number of nitrogen functional groups attached to an aromatic ring is 1. The predicted octanol–water partition coefficient (Wildman–Crippen LogP) is 5.95. The Hall–Kier alpha value is -3.83. The molecule has 2 amide bonds. The van der Waals surface area contributed by atoms with E-state index in [1.807, 2.05) is 11.6 Å². The fourth-order valence-corrected chi connectivity index (χ4v) is 5.19. The maximum absolute atomic E-state index is 14.0. The van der Waals surface area contributed by atoms with Crippen molar-refractivity contribution < 1.29 is 18.4 Å². The Labute approximate surface area is 235 Å². The van der Waals surface area contributed by atoms with Crippen LogP contribution >= 0.6 is 27.5 Å². The van der Waals surface area contributed by atoms with Crippen LogP contribution in [0.25, 0.3) is 33.3 Å². The minimum Gasteiger partial charge on any atom is -0.383 e. The SMILES string of the molecule is C=C(F)C(=O)Nc1ccc(-c2c(-c3cnc(C(=O)NCC4(F)CC4)c(Cl)c3)c3c(N)ncc(Br)c3n2C)cc1. The average molecular weight is 616 g/mol. The van der Waals surface area contributed by atoms with E-state index < -0.39 is 23.3 Å². The molecule has 3 heterocycles. The molecule has 0 saturated heterocycles. The van der Waals surface area contributed by atoms with E-state index in [4.69, 9.17) is 17.3 Å². The third kappa shape index (κ3) is 5.11. The Morgan fingerprint density at radius 2 is 1.90 bits per heavy atom. The van der Waals surface area contributed by atoms with Crippen LogP contribution < -0.4 is 16.4 Å². The Morgan fingerprint density at radius 3 is 2.51 bits per heavy atom. The summed E-state index contributed by atoms with van der Waals surface area (Å²) in [6.07, 6.45) is 3.94. The van der Waals surface area contributed by atoms with Crippen molar-refractivity contribution in [2.24, 2.45) is 7.05 Å². The summed E-state index contributed by atoms with van der Waals surface area (Å²) in [5.41, 5.74) is 8.80. The number of carbonyl (C=O) groups excluding carboxylic acids is 2. The summed E-state index contributed by atoms with van der Waals surface area (Å²) in [6.45, 7) is 2.91. The molecule has 200 valence electrons. The number of aromatic nitrogens is 3. The number of pyridine rings is 2. The third-order valence-electron chi connectivity index (χ3n) is 6.56. The van der Waals surface area contributed by atoms with Crippen LogP contribution in [0.15, 0.2) is 59.6 Å². The van der Waals surface area contributed by atoms with Gasteiger partial charge in [0.15, 0.2) is 5.83 Å². The van der Waals surface area contributed by atoms with Crippen LogP contribution in [0.2, 0.25) is 5.02 Å². The van der Waals surface area contributed by atoms with Gasteiger partial charge in [0, 0.05) is 36.3 Å².